The second-order valence-electron chi connectivity index (χ2n) is 8.60. The molecule has 1 fully saturated rings. The van der Waals surface area contributed by atoms with Crippen LogP contribution in [0.2, 0.25) is 0 Å². The first-order chi connectivity index (χ1) is 16.6. The molecule has 1 aliphatic heterocycles. The van der Waals surface area contributed by atoms with E-state index in [1.54, 1.807) is 6.07 Å². The molecule has 2 N–H and O–H groups in total. The van der Waals surface area contributed by atoms with Crippen LogP contribution in [0.25, 0.3) is 10.8 Å². The first kappa shape index (κ1) is 25.0. The first-order valence-electron chi connectivity index (χ1n) is 11.2. The summed E-state index contributed by atoms with van der Waals surface area (Å²) in [6.07, 6.45) is 3.14. The number of fused-ring (bicyclic) bond motifs is 1. The minimum atomic E-state index is -4.04. The van der Waals surface area contributed by atoms with Crippen LogP contribution in [0.4, 0.5) is 10.2 Å². The van der Waals surface area contributed by atoms with Gasteiger partial charge in [-0.15, -0.1) is 0 Å². The quantitative estimate of drug-likeness (QED) is 0.351. The summed E-state index contributed by atoms with van der Waals surface area (Å²) in [5.74, 6) is -0.110. The summed E-state index contributed by atoms with van der Waals surface area (Å²) in [4.78, 5) is 50.8. The number of ether oxygens (including phenoxy) is 1. The van der Waals surface area contributed by atoms with Gasteiger partial charge in [0, 0.05) is 30.1 Å². The second kappa shape index (κ2) is 10.2. The van der Waals surface area contributed by atoms with E-state index in [1.807, 2.05) is 4.90 Å². The van der Waals surface area contributed by atoms with Gasteiger partial charge in [0.15, 0.2) is 5.78 Å². The number of anilines is 1. The van der Waals surface area contributed by atoms with E-state index in [2.05, 4.69) is 10.1 Å². The van der Waals surface area contributed by atoms with Crippen LogP contribution in [0.5, 0.6) is 5.88 Å². The molecule has 0 bridgehead atoms. The van der Waals surface area contributed by atoms with Gasteiger partial charge in [0.1, 0.15) is 18.2 Å². The smallest absolute Gasteiger partial charge is 0.325 e. The fraction of sp³-hybridized carbons (Fsp3) is 0.391. The van der Waals surface area contributed by atoms with Gasteiger partial charge in [-0.25, -0.2) is 9.07 Å². The van der Waals surface area contributed by atoms with E-state index in [4.69, 9.17) is 14.5 Å². The zero-order valence-electron chi connectivity index (χ0n) is 19.1. The molecule has 0 aliphatic carbocycles. The Kier molecular flexibility index (Phi) is 7.30. The van der Waals surface area contributed by atoms with Gasteiger partial charge in [0.25, 0.3) is 5.56 Å². The van der Waals surface area contributed by atoms with Gasteiger partial charge in [0.2, 0.25) is 5.88 Å². The third-order valence-corrected chi connectivity index (χ3v) is 7.02. The standard InChI is InChI=1S/C23H26FN4O6P/c1-34-20-12-17-13-25-28(14-19(29)16-3-2-4-18(24)11-16)23(30)21(17)22(26-20)27-8-5-15(6-9-27)7-10-35(31,32)33/h2-4,11-13,15H,5-10,14H2,1H3,(H2,31,32,33). The van der Waals surface area contributed by atoms with Crippen LogP contribution in [0.15, 0.2) is 41.3 Å². The number of hydrogen-bond acceptors (Lipinski definition) is 7. The molecule has 0 saturated carbocycles. The molecule has 10 nitrogen and oxygen atoms in total. The summed E-state index contributed by atoms with van der Waals surface area (Å²) in [6.45, 7) is 0.740. The maximum absolute atomic E-state index is 13.5. The molecule has 0 spiro atoms. The van der Waals surface area contributed by atoms with Gasteiger partial charge in [-0.1, -0.05) is 12.1 Å². The van der Waals surface area contributed by atoms with Crippen molar-refractivity contribution in [2.75, 3.05) is 31.3 Å². The minimum absolute atomic E-state index is 0.143. The van der Waals surface area contributed by atoms with Crippen molar-refractivity contribution in [3.63, 3.8) is 0 Å². The number of carbonyl (C=O) groups excluding carboxylic acids is 1. The second-order valence-corrected chi connectivity index (χ2v) is 10.4. The summed E-state index contributed by atoms with van der Waals surface area (Å²) >= 11 is 0. The zero-order chi connectivity index (χ0) is 25.2. The van der Waals surface area contributed by atoms with Crippen molar-refractivity contribution in [2.24, 2.45) is 5.92 Å². The maximum atomic E-state index is 13.5. The van der Waals surface area contributed by atoms with E-state index in [9.17, 15) is 18.5 Å². The molecular weight excluding hydrogens is 478 g/mol. The van der Waals surface area contributed by atoms with Gasteiger partial charge >= 0.3 is 7.60 Å². The number of rotatable bonds is 8. The fourth-order valence-corrected chi connectivity index (χ4v) is 4.98. The molecule has 12 heteroatoms. The Morgan fingerprint density at radius 1 is 1.26 bits per heavy atom. The third-order valence-electron chi connectivity index (χ3n) is 6.18. The van der Waals surface area contributed by atoms with Crippen molar-refractivity contribution in [3.05, 3.63) is 58.3 Å². The highest BCUT2D eigenvalue weighted by molar-refractivity contribution is 7.51. The number of aromatic nitrogens is 3. The number of nitrogens with zero attached hydrogens (tertiary/aromatic N) is 4. The predicted molar refractivity (Wildman–Crippen MR) is 128 cm³/mol. The molecule has 0 unspecified atom stereocenters. The van der Waals surface area contributed by atoms with Gasteiger partial charge in [-0.05, 0) is 37.3 Å². The monoisotopic (exact) mass is 504 g/mol. The molecule has 1 aromatic carbocycles. The molecule has 0 amide bonds. The van der Waals surface area contributed by atoms with Crippen LogP contribution < -0.4 is 15.2 Å². The lowest BCUT2D eigenvalue weighted by Gasteiger charge is -2.33. The molecule has 3 heterocycles. The first-order valence-corrected chi connectivity index (χ1v) is 13.0. The van der Waals surface area contributed by atoms with E-state index in [1.165, 1.54) is 31.5 Å². The van der Waals surface area contributed by atoms with Gasteiger partial charge in [-0.3, -0.25) is 14.2 Å². The van der Waals surface area contributed by atoms with Crippen molar-refractivity contribution in [3.8, 4) is 5.88 Å². The molecule has 0 atom stereocenters. The van der Waals surface area contributed by atoms with Crippen LogP contribution in [0.1, 0.15) is 29.6 Å². The molecular formula is C23H26FN4O6P. The van der Waals surface area contributed by atoms with Crippen molar-refractivity contribution < 1.29 is 28.3 Å². The van der Waals surface area contributed by atoms with Crippen LogP contribution >= 0.6 is 7.60 Å². The summed E-state index contributed by atoms with van der Waals surface area (Å²) in [7, 11) is -2.57. The molecule has 186 valence electrons. The molecule has 1 saturated heterocycles. The predicted octanol–water partition coefficient (Wildman–Crippen LogP) is 2.61. The molecule has 35 heavy (non-hydrogen) atoms. The molecule has 1 aliphatic rings. The normalized spacial score (nSPS) is 14.9. The Hall–Kier alpha value is -3.14. The number of methoxy groups -OCH3 is 1. The number of hydrogen-bond donors (Lipinski definition) is 2. The van der Waals surface area contributed by atoms with E-state index in [0.717, 1.165) is 10.7 Å². The SMILES string of the molecule is COc1cc2cnn(CC(=O)c3cccc(F)c3)c(=O)c2c(N2CCC(CCP(=O)(O)O)CC2)n1. The number of piperidine rings is 1. The lowest BCUT2D eigenvalue weighted by atomic mass is 9.94. The van der Waals surface area contributed by atoms with E-state index in [0.29, 0.717) is 54.8 Å². The van der Waals surface area contributed by atoms with Crippen LogP contribution in [-0.4, -0.2) is 56.7 Å². The average Bonchev–Trinajstić information content (AvgIpc) is 2.83. The van der Waals surface area contributed by atoms with Crippen molar-refractivity contribution in [2.45, 2.75) is 25.8 Å². The Labute approximate surface area is 200 Å². The summed E-state index contributed by atoms with van der Waals surface area (Å²) in [5.41, 5.74) is -0.356. The Balaban J connectivity index is 1.62. The number of pyridine rings is 1. The molecule has 3 aromatic rings. The Morgan fingerprint density at radius 2 is 2.00 bits per heavy atom. The molecule has 4 rings (SSSR count). The summed E-state index contributed by atoms with van der Waals surface area (Å²) in [6, 6.07) is 6.85. The highest BCUT2D eigenvalue weighted by Gasteiger charge is 2.26. The topological polar surface area (TPSA) is 135 Å². The van der Waals surface area contributed by atoms with Crippen molar-refractivity contribution in [1.82, 2.24) is 14.8 Å². The van der Waals surface area contributed by atoms with Gasteiger partial charge in [0.05, 0.1) is 24.9 Å². The fourth-order valence-electron chi connectivity index (χ4n) is 4.28. The van der Waals surface area contributed by atoms with Crippen LogP contribution in [-0.2, 0) is 11.1 Å². The number of carbonyl (C=O) groups is 1. The van der Waals surface area contributed by atoms with Gasteiger partial charge in [-0.2, -0.15) is 10.1 Å². The number of halogens is 1. The Bertz CT molecular complexity index is 1350. The van der Waals surface area contributed by atoms with Crippen LogP contribution in [0, 0.1) is 11.7 Å². The zero-order valence-corrected chi connectivity index (χ0v) is 20.0. The molecule has 0 radical (unpaired) electrons. The highest BCUT2D eigenvalue weighted by Crippen LogP contribution is 2.38. The van der Waals surface area contributed by atoms with Gasteiger partial charge < -0.3 is 19.4 Å². The average molecular weight is 504 g/mol. The lowest BCUT2D eigenvalue weighted by molar-refractivity contribution is 0.0965. The Morgan fingerprint density at radius 3 is 2.66 bits per heavy atom. The summed E-state index contributed by atoms with van der Waals surface area (Å²) < 4.78 is 31.1. The van der Waals surface area contributed by atoms with Crippen molar-refractivity contribution >= 4 is 30.0 Å². The third kappa shape index (κ3) is 5.93. The van der Waals surface area contributed by atoms with E-state index >= 15 is 0 Å². The van der Waals surface area contributed by atoms with E-state index < -0.39 is 24.8 Å². The minimum Gasteiger partial charge on any atom is -0.481 e. The van der Waals surface area contributed by atoms with Crippen molar-refractivity contribution in [1.29, 1.82) is 0 Å². The number of Topliss-reactive ketones (excluding diaryl/α,β-unsaturated/α-hetero) is 1. The largest absolute Gasteiger partial charge is 0.481 e. The van der Waals surface area contributed by atoms with Crippen LogP contribution in [0.3, 0.4) is 0 Å². The lowest BCUT2D eigenvalue weighted by Crippen LogP contribution is -2.36. The maximum Gasteiger partial charge on any atom is 0.325 e. The van der Waals surface area contributed by atoms with E-state index in [-0.39, 0.29) is 24.2 Å². The molecule has 2 aromatic heterocycles. The number of ketones is 1. The highest BCUT2D eigenvalue weighted by atomic mass is 31.2. The summed E-state index contributed by atoms with van der Waals surface area (Å²) in [5, 5.41) is 4.93. The number of benzene rings is 1.